The van der Waals surface area contributed by atoms with Crippen LogP contribution in [0, 0.1) is 28.6 Å². The second kappa shape index (κ2) is 10.8. The summed E-state index contributed by atoms with van der Waals surface area (Å²) in [4.78, 5) is 11.2. The Morgan fingerprint density at radius 2 is 1.90 bits per heavy atom. The molecule has 5 atom stereocenters. The number of rotatable bonds is 7. The molecule has 1 spiro atoms. The Hall–Kier alpha value is -1.31. The van der Waals surface area contributed by atoms with Crippen LogP contribution >= 0.6 is 0 Å². The maximum absolute atomic E-state index is 11.2. The quantitative estimate of drug-likeness (QED) is 0.422. The van der Waals surface area contributed by atoms with Crippen LogP contribution in [0.25, 0.3) is 0 Å². The standard InChI is InChI=1S/C14H22O.C12H18O.C2H6/c1-5-12(9-11(2)3)13-7-6-8-14(10-13)15-4;1-2-10-7-11(8-13)5-9-3-4-12(10,11)6-9;1-2/h6-8,10-12H,5,9H2,1-4H3;8-10H,2-7H2,1H3;1-2H3. The summed E-state index contributed by atoms with van der Waals surface area (Å²) in [5, 5.41) is 0. The minimum Gasteiger partial charge on any atom is -0.497 e. The third-order valence-electron chi connectivity index (χ3n) is 8.22. The molecule has 2 nitrogen and oxygen atoms in total. The second-order valence-electron chi connectivity index (χ2n) is 10.1. The molecule has 30 heavy (non-hydrogen) atoms. The lowest BCUT2D eigenvalue weighted by molar-refractivity contribution is -0.154. The number of benzene rings is 1. The van der Waals surface area contributed by atoms with Gasteiger partial charge in [0.1, 0.15) is 12.0 Å². The molecular formula is C28H46O2. The van der Waals surface area contributed by atoms with Crippen molar-refractivity contribution in [3.63, 3.8) is 0 Å². The van der Waals surface area contributed by atoms with Crippen LogP contribution < -0.4 is 4.74 Å². The smallest absolute Gasteiger partial charge is 0.126 e. The van der Waals surface area contributed by atoms with E-state index in [1.54, 1.807) is 7.11 Å². The molecule has 0 heterocycles. The van der Waals surface area contributed by atoms with E-state index in [0.717, 1.165) is 23.5 Å². The van der Waals surface area contributed by atoms with Crippen LogP contribution in [-0.2, 0) is 4.79 Å². The van der Waals surface area contributed by atoms with E-state index in [-0.39, 0.29) is 5.41 Å². The van der Waals surface area contributed by atoms with Crippen molar-refractivity contribution in [2.45, 2.75) is 98.8 Å². The molecular weight excluding hydrogens is 368 g/mol. The van der Waals surface area contributed by atoms with Gasteiger partial charge in [-0.1, -0.05) is 60.1 Å². The minimum absolute atomic E-state index is 0.163. The number of ether oxygens (including phenoxy) is 1. The minimum atomic E-state index is 0.163. The predicted molar refractivity (Wildman–Crippen MR) is 128 cm³/mol. The fourth-order valence-corrected chi connectivity index (χ4v) is 6.85. The Morgan fingerprint density at radius 3 is 2.43 bits per heavy atom. The highest BCUT2D eigenvalue weighted by atomic mass is 16.5. The van der Waals surface area contributed by atoms with E-state index in [1.165, 1.54) is 63.2 Å². The number of fused-ring (bicyclic) bond motifs is 1. The molecule has 0 saturated heterocycles. The number of carbonyl (C=O) groups is 1. The molecule has 0 N–H and O–H groups in total. The Labute approximate surface area is 186 Å². The highest BCUT2D eigenvalue weighted by Crippen LogP contribution is 2.77. The summed E-state index contributed by atoms with van der Waals surface area (Å²) < 4.78 is 5.25. The lowest BCUT2D eigenvalue weighted by atomic mass is 9.43. The normalized spacial score (nSPS) is 31.5. The third-order valence-corrected chi connectivity index (χ3v) is 8.22. The summed E-state index contributed by atoms with van der Waals surface area (Å²) in [6, 6.07) is 8.46. The van der Waals surface area contributed by atoms with Crippen molar-refractivity contribution in [3.8, 4) is 5.75 Å². The van der Waals surface area contributed by atoms with Gasteiger partial charge in [-0.05, 0) is 91.7 Å². The number of carbonyl (C=O) groups excluding carboxylic acids is 1. The topological polar surface area (TPSA) is 26.3 Å². The van der Waals surface area contributed by atoms with Crippen LogP contribution in [-0.4, -0.2) is 13.4 Å². The molecule has 0 radical (unpaired) electrons. The maximum atomic E-state index is 11.2. The highest BCUT2D eigenvalue weighted by Gasteiger charge is 2.71. The zero-order valence-electron chi connectivity index (χ0n) is 20.7. The van der Waals surface area contributed by atoms with Gasteiger partial charge in [0.15, 0.2) is 0 Å². The summed E-state index contributed by atoms with van der Waals surface area (Å²) in [6.45, 7) is 13.1. The lowest BCUT2D eigenvalue weighted by Crippen LogP contribution is -2.55. The molecule has 2 bridgehead atoms. The molecule has 1 aromatic rings. The largest absolute Gasteiger partial charge is 0.497 e. The molecule has 0 aromatic heterocycles. The predicted octanol–water partition coefficient (Wildman–Crippen LogP) is 8.05. The molecule has 170 valence electrons. The molecule has 0 aliphatic heterocycles. The Balaban J connectivity index is 0.000000198. The average Bonchev–Trinajstić information content (AvgIpc) is 3.31. The van der Waals surface area contributed by atoms with Gasteiger partial charge >= 0.3 is 0 Å². The number of methoxy groups -OCH3 is 1. The van der Waals surface area contributed by atoms with E-state index in [2.05, 4.69) is 45.9 Å². The van der Waals surface area contributed by atoms with Gasteiger partial charge < -0.3 is 9.53 Å². The van der Waals surface area contributed by atoms with Gasteiger partial charge in [-0.15, -0.1) is 0 Å². The number of hydrogen-bond acceptors (Lipinski definition) is 2. The van der Waals surface area contributed by atoms with Crippen molar-refractivity contribution in [1.82, 2.24) is 0 Å². The Bertz CT molecular complexity index is 666. The van der Waals surface area contributed by atoms with Crippen LogP contribution in [0.5, 0.6) is 5.75 Å². The van der Waals surface area contributed by atoms with Crippen molar-refractivity contribution >= 4 is 6.29 Å². The van der Waals surface area contributed by atoms with E-state index >= 15 is 0 Å². The summed E-state index contributed by atoms with van der Waals surface area (Å²) >= 11 is 0. The highest BCUT2D eigenvalue weighted by molar-refractivity contribution is 5.65. The number of aldehydes is 1. The first-order valence-electron chi connectivity index (χ1n) is 12.5. The van der Waals surface area contributed by atoms with E-state index in [0.29, 0.717) is 11.3 Å². The first kappa shape index (κ1) is 25.0. The van der Waals surface area contributed by atoms with E-state index in [9.17, 15) is 4.79 Å². The first-order chi connectivity index (χ1) is 14.4. The molecule has 1 aromatic carbocycles. The summed E-state index contributed by atoms with van der Waals surface area (Å²) in [7, 11) is 1.72. The van der Waals surface area contributed by atoms with Crippen molar-refractivity contribution in [3.05, 3.63) is 29.8 Å². The molecule has 3 saturated carbocycles. The summed E-state index contributed by atoms with van der Waals surface area (Å²) in [5.74, 6) is 4.17. The SMILES string of the molecule is CC.CCC(CC(C)C)c1cccc(OC)c1.CCC1CC2(C=O)CC3CCC12C3. The van der Waals surface area contributed by atoms with E-state index in [1.807, 2.05) is 19.9 Å². The Kier molecular flexibility index (Phi) is 9.00. The second-order valence-corrected chi connectivity index (χ2v) is 10.1. The van der Waals surface area contributed by atoms with Crippen LogP contribution in [0.3, 0.4) is 0 Å². The van der Waals surface area contributed by atoms with Crippen LogP contribution in [0.15, 0.2) is 24.3 Å². The van der Waals surface area contributed by atoms with Crippen molar-refractivity contribution in [2.75, 3.05) is 7.11 Å². The Morgan fingerprint density at radius 1 is 1.17 bits per heavy atom. The molecule has 2 heteroatoms. The van der Waals surface area contributed by atoms with Crippen molar-refractivity contribution < 1.29 is 9.53 Å². The average molecular weight is 415 g/mol. The van der Waals surface area contributed by atoms with Crippen molar-refractivity contribution in [1.29, 1.82) is 0 Å². The fourth-order valence-electron chi connectivity index (χ4n) is 6.85. The van der Waals surface area contributed by atoms with Gasteiger partial charge in [-0.25, -0.2) is 0 Å². The van der Waals surface area contributed by atoms with E-state index in [4.69, 9.17) is 4.74 Å². The van der Waals surface area contributed by atoms with Gasteiger partial charge in [0.25, 0.3) is 0 Å². The van der Waals surface area contributed by atoms with Crippen molar-refractivity contribution in [2.24, 2.45) is 28.6 Å². The molecule has 3 aliphatic rings. The van der Waals surface area contributed by atoms with Gasteiger partial charge in [0, 0.05) is 5.41 Å². The summed E-state index contributed by atoms with van der Waals surface area (Å²) in [5.41, 5.74) is 2.07. The van der Waals surface area contributed by atoms with Crippen LogP contribution in [0.4, 0.5) is 0 Å². The van der Waals surface area contributed by atoms with Gasteiger partial charge in [-0.2, -0.15) is 0 Å². The molecule has 3 fully saturated rings. The first-order valence-corrected chi connectivity index (χ1v) is 12.5. The van der Waals surface area contributed by atoms with Crippen LogP contribution in [0.2, 0.25) is 0 Å². The molecule has 3 aliphatic carbocycles. The molecule has 5 unspecified atom stereocenters. The lowest BCUT2D eigenvalue weighted by Gasteiger charge is -2.59. The van der Waals surface area contributed by atoms with Gasteiger partial charge in [-0.3, -0.25) is 0 Å². The number of hydrogen-bond donors (Lipinski definition) is 0. The zero-order chi connectivity index (χ0) is 22.4. The monoisotopic (exact) mass is 414 g/mol. The van der Waals surface area contributed by atoms with Gasteiger partial charge in [0.2, 0.25) is 0 Å². The molecule has 4 rings (SSSR count). The summed E-state index contributed by atoms with van der Waals surface area (Å²) in [6.07, 6.45) is 11.7. The van der Waals surface area contributed by atoms with Gasteiger partial charge in [0.05, 0.1) is 7.11 Å². The van der Waals surface area contributed by atoms with Crippen LogP contribution in [0.1, 0.15) is 104 Å². The maximum Gasteiger partial charge on any atom is 0.126 e. The fraction of sp³-hybridized carbons (Fsp3) is 0.750. The third kappa shape index (κ3) is 4.63. The van der Waals surface area contributed by atoms with E-state index < -0.39 is 0 Å². The zero-order valence-corrected chi connectivity index (χ0v) is 20.7. The molecule has 0 amide bonds.